The smallest absolute Gasteiger partial charge is 0.356 e. The maximum atomic E-state index is 12.0. The summed E-state index contributed by atoms with van der Waals surface area (Å²) in [5.74, 6) is 0.440. The molecule has 0 aliphatic carbocycles. The van der Waals surface area contributed by atoms with E-state index in [1.807, 2.05) is 0 Å². The standard InChI is InChI=1S/C13H25F3N4/c1-17-12(19-8-6-13(14,15)16)18-7-2-3-9-20-10-4-5-11-20/h2-11H2,1H3,(H2,17,18,19). The molecule has 0 aromatic carbocycles. The summed E-state index contributed by atoms with van der Waals surface area (Å²) < 4.78 is 36.0. The number of aliphatic imine (C=N–C) groups is 1. The molecular weight excluding hydrogens is 269 g/mol. The molecule has 0 atom stereocenters. The Hall–Kier alpha value is -0.980. The molecule has 1 aliphatic rings. The van der Waals surface area contributed by atoms with Gasteiger partial charge >= 0.3 is 6.18 Å². The summed E-state index contributed by atoms with van der Waals surface area (Å²) in [5.41, 5.74) is 0. The quantitative estimate of drug-likeness (QED) is 0.428. The van der Waals surface area contributed by atoms with E-state index >= 15 is 0 Å². The molecule has 2 N–H and O–H groups in total. The second-order valence-corrected chi connectivity index (χ2v) is 5.05. The van der Waals surface area contributed by atoms with Gasteiger partial charge < -0.3 is 15.5 Å². The van der Waals surface area contributed by atoms with Gasteiger partial charge in [-0.3, -0.25) is 4.99 Å². The van der Waals surface area contributed by atoms with Gasteiger partial charge in [-0.1, -0.05) is 0 Å². The topological polar surface area (TPSA) is 39.7 Å². The molecule has 7 heteroatoms. The van der Waals surface area contributed by atoms with Crippen molar-refractivity contribution in [2.75, 3.05) is 39.8 Å². The van der Waals surface area contributed by atoms with Gasteiger partial charge in [0.1, 0.15) is 0 Å². The minimum atomic E-state index is -4.12. The first-order valence-corrected chi connectivity index (χ1v) is 7.25. The SMILES string of the molecule is CN=C(NCCCCN1CCCC1)NCCC(F)(F)F. The van der Waals surface area contributed by atoms with Gasteiger partial charge in [0.05, 0.1) is 6.42 Å². The Morgan fingerprint density at radius 2 is 1.75 bits per heavy atom. The second kappa shape index (κ2) is 9.05. The molecule has 0 amide bonds. The molecular formula is C13H25F3N4. The van der Waals surface area contributed by atoms with Gasteiger partial charge in [-0.25, -0.2) is 0 Å². The molecule has 1 heterocycles. The third kappa shape index (κ3) is 8.24. The molecule has 0 saturated carbocycles. The van der Waals surface area contributed by atoms with Gasteiger partial charge in [0, 0.05) is 20.1 Å². The van der Waals surface area contributed by atoms with Crippen molar-refractivity contribution in [3.8, 4) is 0 Å². The molecule has 20 heavy (non-hydrogen) atoms. The summed E-state index contributed by atoms with van der Waals surface area (Å²) in [7, 11) is 1.56. The minimum absolute atomic E-state index is 0.142. The van der Waals surface area contributed by atoms with Crippen LogP contribution >= 0.6 is 0 Å². The first-order valence-electron chi connectivity index (χ1n) is 7.25. The maximum absolute atomic E-state index is 12.0. The zero-order valence-electron chi connectivity index (χ0n) is 12.1. The fraction of sp³-hybridized carbons (Fsp3) is 0.923. The highest BCUT2D eigenvalue weighted by atomic mass is 19.4. The molecule has 1 fully saturated rings. The third-order valence-corrected chi connectivity index (χ3v) is 3.32. The van der Waals surface area contributed by atoms with Crippen LogP contribution in [-0.4, -0.2) is 56.8 Å². The van der Waals surface area contributed by atoms with E-state index < -0.39 is 12.6 Å². The number of unbranched alkanes of at least 4 members (excludes halogenated alkanes) is 1. The number of nitrogens with zero attached hydrogens (tertiary/aromatic N) is 2. The van der Waals surface area contributed by atoms with Crippen molar-refractivity contribution in [2.24, 2.45) is 4.99 Å². The van der Waals surface area contributed by atoms with E-state index in [1.54, 1.807) is 7.05 Å². The molecule has 4 nitrogen and oxygen atoms in total. The van der Waals surface area contributed by atoms with Crippen LogP contribution in [0.4, 0.5) is 13.2 Å². The monoisotopic (exact) mass is 294 g/mol. The second-order valence-electron chi connectivity index (χ2n) is 5.05. The first kappa shape index (κ1) is 17.1. The van der Waals surface area contributed by atoms with Gasteiger partial charge in [-0.15, -0.1) is 0 Å². The van der Waals surface area contributed by atoms with E-state index in [-0.39, 0.29) is 6.54 Å². The van der Waals surface area contributed by atoms with E-state index in [0.29, 0.717) is 5.96 Å². The van der Waals surface area contributed by atoms with E-state index in [0.717, 1.165) is 25.9 Å². The van der Waals surface area contributed by atoms with Crippen LogP contribution in [0.25, 0.3) is 0 Å². The Labute approximate surface area is 118 Å². The number of alkyl halides is 3. The predicted octanol–water partition coefficient (Wildman–Crippen LogP) is 1.98. The zero-order valence-corrected chi connectivity index (χ0v) is 12.1. The number of rotatable bonds is 7. The Morgan fingerprint density at radius 3 is 2.35 bits per heavy atom. The highest BCUT2D eigenvalue weighted by Gasteiger charge is 2.26. The van der Waals surface area contributed by atoms with E-state index in [2.05, 4.69) is 20.5 Å². The van der Waals surface area contributed by atoms with Gasteiger partial charge in [-0.05, 0) is 45.3 Å². The Kier molecular flexibility index (Phi) is 7.72. The van der Waals surface area contributed by atoms with E-state index in [9.17, 15) is 13.2 Å². The lowest BCUT2D eigenvalue weighted by molar-refractivity contribution is -0.132. The normalized spacial score (nSPS) is 17.5. The summed E-state index contributed by atoms with van der Waals surface area (Å²) in [5, 5.41) is 5.70. The van der Waals surface area contributed by atoms with Crippen molar-refractivity contribution in [3.05, 3.63) is 0 Å². The highest BCUT2D eigenvalue weighted by Crippen LogP contribution is 2.18. The lowest BCUT2D eigenvalue weighted by Gasteiger charge is -2.15. The molecule has 118 valence electrons. The first-order chi connectivity index (χ1) is 9.51. The molecule has 0 radical (unpaired) electrons. The molecule has 0 spiro atoms. The van der Waals surface area contributed by atoms with Gasteiger partial charge in [-0.2, -0.15) is 13.2 Å². The average Bonchev–Trinajstić information content (AvgIpc) is 2.88. The molecule has 1 rings (SSSR count). The largest absolute Gasteiger partial charge is 0.390 e. The van der Waals surface area contributed by atoms with Crippen LogP contribution in [0.1, 0.15) is 32.1 Å². The summed E-state index contributed by atoms with van der Waals surface area (Å²) in [6.07, 6.45) is -0.269. The number of hydrogen-bond donors (Lipinski definition) is 2. The summed E-state index contributed by atoms with van der Waals surface area (Å²) >= 11 is 0. The molecule has 1 aliphatic heterocycles. The van der Waals surface area contributed by atoms with Crippen molar-refractivity contribution in [1.82, 2.24) is 15.5 Å². The number of halogens is 3. The van der Waals surface area contributed by atoms with Crippen LogP contribution in [0.5, 0.6) is 0 Å². The van der Waals surface area contributed by atoms with Crippen LogP contribution in [0, 0.1) is 0 Å². The van der Waals surface area contributed by atoms with E-state index in [4.69, 9.17) is 0 Å². The van der Waals surface area contributed by atoms with Gasteiger partial charge in [0.15, 0.2) is 5.96 Å². The number of nitrogens with one attached hydrogen (secondary N) is 2. The lowest BCUT2D eigenvalue weighted by Crippen LogP contribution is -2.39. The molecule has 0 unspecified atom stereocenters. The predicted molar refractivity (Wildman–Crippen MR) is 74.9 cm³/mol. The maximum Gasteiger partial charge on any atom is 0.390 e. The third-order valence-electron chi connectivity index (χ3n) is 3.32. The van der Waals surface area contributed by atoms with Crippen molar-refractivity contribution in [2.45, 2.75) is 38.3 Å². The van der Waals surface area contributed by atoms with Crippen molar-refractivity contribution >= 4 is 5.96 Å². The van der Waals surface area contributed by atoms with Crippen LogP contribution in [0.3, 0.4) is 0 Å². The Bertz CT molecular complexity index is 286. The van der Waals surface area contributed by atoms with Crippen LogP contribution in [0.2, 0.25) is 0 Å². The summed E-state index contributed by atoms with van der Waals surface area (Å²) in [6, 6.07) is 0. The highest BCUT2D eigenvalue weighted by molar-refractivity contribution is 5.79. The lowest BCUT2D eigenvalue weighted by atomic mass is 10.3. The number of hydrogen-bond acceptors (Lipinski definition) is 2. The average molecular weight is 294 g/mol. The fourth-order valence-corrected chi connectivity index (χ4v) is 2.22. The van der Waals surface area contributed by atoms with Crippen molar-refractivity contribution in [3.63, 3.8) is 0 Å². The van der Waals surface area contributed by atoms with Gasteiger partial charge in [0.25, 0.3) is 0 Å². The molecule has 0 aromatic rings. The van der Waals surface area contributed by atoms with Crippen LogP contribution < -0.4 is 10.6 Å². The van der Waals surface area contributed by atoms with E-state index in [1.165, 1.54) is 25.9 Å². The Morgan fingerprint density at radius 1 is 1.10 bits per heavy atom. The summed E-state index contributed by atoms with van der Waals surface area (Å²) in [6.45, 7) is 4.11. The summed E-state index contributed by atoms with van der Waals surface area (Å²) in [4.78, 5) is 6.35. The number of guanidine groups is 1. The number of likely N-dealkylation sites (tertiary alicyclic amines) is 1. The van der Waals surface area contributed by atoms with Gasteiger partial charge in [0.2, 0.25) is 0 Å². The molecule has 1 saturated heterocycles. The Balaban J connectivity index is 2.00. The van der Waals surface area contributed by atoms with Crippen LogP contribution in [0.15, 0.2) is 4.99 Å². The molecule has 0 bridgehead atoms. The molecule has 0 aromatic heterocycles. The van der Waals surface area contributed by atoms with Crippen molar-refractivity contribution in [1.29, 1.82) is 0 Å². The van der Waals surface area contributed by atoms with Crippen molar-refractivity contribution < 1.29 is 13.2 Å². The van der Waals surface area contributed by atoms with Crippen LogP contribution in [-0.2, 0) is 0 Å². The minimum Gasteiger partial charge on any atom is -0.356 e. The fourth-order valence-electron chi connectivity index (χ4n) is 2.22. The zero-order chi connectivity index (χ0) is 14.8.